The molecule has 2 fully saturated rings. The Morgan fingerprint density at radius 2 is 1.11 bits per heavy atom. The molecule has 3 N–H and O–H groups in total. The van der Waals surface area contributed by atoms with Gasteiger partial charge in [0.25, 0.3) is 0 Å². The van der Waals surface area contributed by atoms with Crippen molar-refractivity contribution in [2.24, 2.45) is 0 Å². The van der Waals surface area contributed by atoms with Crippen molar-refractivity contribution in [3.05, 3.63) is 82.9 Å². The summed E-state index contributed by atoms with van der Waals surface area (Å²) in [6.07, 6.45) is 0.814. The van der Waals surface area contributed by atoms with Crippen molar-refractivity contribution >= 4 is 55.6 Å². The summed E-state index contributed by atoms with van der Waals surface area (Å²) in [5, 5.41) is 3.42. The molecule has 0 spiro atoms. The number of nitrogens with zero attached hydrogens (tertiary/aromatic N) is 6. The second kappa shape index (κ2) is 18.6. The van der Waals surface area contributed by atoms with Crippen LogP contribution in [-0.4, -0.2) is 98.9 Å². The van der Waals surface area contributed by atoms with Gasteiger partial charge in [-0.15, -0.1) is 0 Å². The summed E-state index contributed by atoms with van der Waals surface area (Å²) in [7, 11) is -4.69. The van der Waals surface area contributed by atoms with Crippen LogP contribution in [0.1, 0.15) is 17.5 Å². The van der Waals surface area contributed by atoms with Crippen LogP contribution in [0.2, 0.25) is 0 Å². The van der Waals surface area contributed by atoms with E-state index in [0.29, 0.717) is 39.3 Å². The van der Waals surface area contributed by atoms with Crippen LogP contribution in [-0.2, 0) is 31.9 Å². The summed E-state index contributed by atoms with van der Waals surface area (Å²) in [5.41, 5.74) is 0.309. The van der Waals surface area contributed by atoms with E-state index in [-0.39, 0.29) is 56.3 Å². The van der Waals surface area contributed by atoms with E-state index in [1.165, 1.54) is 59.2 Å². The third kappa shape index (κ3) is 11.0. The standard InChI is InChI=1S/C16H19F2N5O3S2.C15H16F2N4O3S2/c1-26-14-9-13(22-28(24,25)23-7-5-19-6-8-23)20-16(21-14)27-10-11-3-2-4-12(17)15(11)18;1-24-13-8-12(20-26(22,23)21-6-3-7-21)18-15(19-13)25-9-10-4-2-5-11(16)14(10)17/h2-4,9,19H,5-8,10H2,1H3,(H,20,21,22);2,4-5,8H,3,6-7,9H2,1H3,(H,18,19,20). The van der Waals surface area contributed by atoms with Crippen molar-refractivity contribution in [1.82, 2.24) is 33.9 Å². The van der Waals surface area contributed by atoms with Gasteiger partial charge in [0.2, 0.25) is 11.8 Å². The molecule has 0 unspecified atom stereocenters. The first-order valence-electron chi connectivity index (χ1n) is 16.0. The molecule has 6 rings (SSSR count). The molecule has 0 amide bonds. The fraction of sp³-hybridized carbons (Fsp3) is 0.355. The summed E-state index contributed by atoms with van der Waals surface area (Å²) in [6.45, 7) is 2.73. The minimum atomic E-state index is -3.78. The van der Waals surface area contributed by atoms with Gasteiger partial charge in [0.15, 0.2) is 33.6 Å². The molecule has 4 aromatic rings. The first kappa shape index (κ1) is 41.2. The highest BCUT2D eigenvalue weighted by Gasteiger charge is 2.28. The Balaban J connectivity index is 0.000000208. The lowest BCUT2D eigenvalue weighted by Crippen LogP contribution is -2.48. The normalized spacial score (nSPS) is 15.1. The Morgan fingerprint density at radius 1 is 0.685 bits per heavy atom. The number of hydrogen-bond donors (Lipinski definition) is 3. The molecule has 0 aliphatic carbocycles. The fourth-order valence-electron chi connectivity index (χ4n) is 4.66. The van der Waals surface area contributed by atoms with Crippen LogP contribution >= 0.6 is 23.5 Å². The zero-order valence-electron chi connectivity index (χ0n) is 28.8. The summed E-state index contributed by atoms with van der Waals surface area (Å²) >= 11 is 2.07. The molecule has 2 aliphatic heterocycles. The molecule has 0 saturated carbocycles. The summed E-state index contributed by atoms with van der Waals surface area (Å²) in [4.78, 5) is 16.5. The molecule has 2 saturated heterocycles. The monoisotopic (exact) mass is 833 g/mol. The summed E-state index contributed by atoms with van der Waals surface area (Å²) in [6, 6.07) is 10.5. The third-order valence-electron chi connectivity index (χ3n) is 7.60. The van der Waals surface area contributed by atoms with Crippen LogP contribution in [0.25, 0.3) is 0 Å². The van der Waals surface area contributed by atoms with Crippen LogP contribution in [0.15, 0.2) is 58.8 Å². The average molecular weight is 834 g/mol. The quantitative estimate of drug-likeness (QED) is 0.0943. The molecule has 2 aromatic heterocycles. The maximum absolute atomic E-state index is 13.8. The number of piperazine rings is 1. The second-order valence-corrected chi connectivity index (χ2v) is 16.5. The molecule has 4 heterocycles. The van der Waals surface area contributed by atoms with E-state index >= 15 is 0 Å². The SMILES string of the molecule is COc1cc(NS(=O)(=O)N2CCC2)nc(SCc2cccc(F)c2F)n1.COc1cc(NS(=O)(=O)N2CCNCC2)nc(SCc2cccc(F)c2F)n1. The first-order valence-corrected chi connectivity index (χ1v) is 20.9. The van der Waals surface area contributed by atoms with Crippen molar-refractivity contribution in [3.63, 3.8) is 0 Å². The Bertz CT molecular complexity index is 2150. The van der Waals surface area contributed by atoms with Crippen LogP contribution in [0.4, 0.5) is 29.2 Å². The van der Waals surface area contributed by atoms with E-state index in [9.17, 15) is 34.4 Å². The van der Waals surface area contributed by atoms with Crippen LogP contribution in [0.3, 0.4) is 0 Å². The Morgan fingerprint density at radius 3 is 1.50 bits per heavy atom. The van der Waals surface area contributed by atoms with Crippen molar-refractivity contribution < 1.29 is 43.9 Å². The highest BCUT2D eigenvalue weighted by atomic mass is 32.2. The van der Waals surface area contributed by atoms with Gasteiger partial charge in [-0.2, -0.15) is 35.4 Å². The zero-order chi connectivity index (χ0) is 38.9. The van der Waals surface area contributed by atoms with Gasteiger partial charge in [-0.1, -0.05) is 47.8 Å². The van der Waals surface area contributed by atoms with E-state index < -0.39 is 43.7 Å². The van der Waals surface area contributed by atoms with Crippen LogP contribution in [0, 0.1) is 23.3 Å². The van der Waals surface area contributed by atoms with E-state index in [1.54, 1.807) is 0 Å². The zero-order valence-corrected chi connectivity index (χ0v) is 32.0. The van der Waals surface area contributed by atoms with Gasteiger partial charge in [-0.25, -0.2) is 27.5 Å². The van der Waals surface area contributed by atoms with Gasteiger partial charge < -0.3 is 14.8 Å². The van der Waals surface area contributed by atoms with Gasteiger partial charge in [0, 0.05) is 74.0 Å². The van der Waals surface area contributed by atoms with E-state index in [0.717, 1.165) is 42.1 Å². The maximum Gasteiger partial charge on any atom is 0.302 e. The molecular formula is C31H35F4N9O6S4. The molecule has 23 heteroatoms. The number of benzene rings is 2. The van der Waals surface area contributed by atoms with Crippen molar-refractivity contribution in [2.75, 3.05) is 62.9 Å². The lowest BCUT2D eigenvalue weighted by molar-refractivity contribution is 0.311. The number of rotatable bonds is 14. The van der Waals surface area contributed by atoms with Gasteiger partial charge >= 0.3 is 20.4 Å². The largest absolute Gasteiger partial charge is 0.481 e. The second-order valence-electron chi connectivity index (χ2n) is 11.3. The van der Waals surface area contributed by atoms with Gasteiger partial charge in [0.1, 0.15) is 11.6 Å². The Kier molecular flexibility index (Phi) is 14.1. The topological polar surface area (TPSA) is 181 Å². The molecule has 2 aliphatic rings. The predicted octanol–water partition coefficient (Wildman–Crippen LogP) is 4.04. The minimum absolute atomic E-state index is 0.0348. The Hall–Kier alpha value is -4.00. The van der Waals surface area contributed by atoms with Crippen molar-refractivity contribution in [3.8, 4) is 11.8 Å². The number of methoxy groups -OCH3 is 2. The first-order chi connectivity index (χ1) is 25.8. The number of nitrogens with one attached hydrogen (secondary N) is 3. The lowest BCUT2D eigenvalue weighted by atomic mass is 10.2. The lowest BCUT2D eigenvalue weighted by Gasteiger charge is -2.29. The van der Waals surface area contributed by atoms with Crippen LogP contribution < -0.4 is 24.2 Å². The van der Waals surface area contributed by atoms with Crippen molar-refractivity contribution in [2.45, 2.75) is 28.2 Å². The third-order valence-corrected chi connectivity index (χ3v) is 12.4. The number of hydrogen-bond acceptors (Lipinski definition) is 13. The highest BCUT2D eigenvalue weighted by molar-refractivity contribution is 7.98. The fourth-order valence-corrected chi connectivity index (χ4v) is 8.71. The number of halogens is 4. The van der Waals surface area contributed by atoms with Crippen LogP contribution in [0.5, 0.6) is 11.8 Å². The number of thioether (sulfide) groups is 2. The summed E-state index contributed by atoms with van der Waals surface area (Å²) < 4.78 is 121. The van der Waals surface area contributed by atoms with Gasteiger partial charge in [-0.3, -0.25) is 9.44 Å². The molecule has 54 heavy (non-hydrogen) atoms. The Labute approximate surface area is 318 Å². The molecule has 292 valence electrons. The van der Waals surface area contributed by atoms with E-state index in [1.807, 2.05) is 0 Å². The molecule has 15 nitrogen and oxygen atoms in total. The molecular weight excluding hydrogens is 799 g/mol. The summed E-state index contributed by atoms with van der Waals surface area (Å²) in [5.74, 6) is -3.20. The minimum Gasteiger partial charge on any atom is -0.481 e. The highest BCUT2D eigenvalue weighted by Crippen LogP contribution is 2.28. The number of aromatic nitrogens is 4. The molecule has 0 radical (unpaired) electrons. The van der Waals surface area contributed by atoms with Gasteiger partial charge in [0.05, 0.1) is 14.2 Å². The van der Waals surface area contributed by atoms with E-state index in [2.05, 4.69) is 34.7 Å². The van der Waals surface area contributed by atoms with E-state index in [4.69, 9.17) is 9.47 Å². The van der Waals surface area contributed by atoms with Gasteiger partial charge in [-0.05, 0) is 18.6 Å². The number of ether oxygens (including phenoxy) is 2. The maximum atomic E-state index is 13.8. The predicted molar refractivity (Wildman–Crippen MR) is 195 cm³/mol. The smallest absolute Gasteiger partial charge is 0.302 e. The molecule has 0 atom stereocenters. The van der Waals surface area contributed by atoms with Crippen molar-refractivity contribution in [1.29, 1.82) is 0 Å². The average Bonchev–Trinajstić information content (AvgIpc) is 3.12. The number of anilines is 2. The molecule has 0 bridgehead atoms. The molecule has 2 aromatic carbocycles.